The molecule has 1 rings (SSSR count). The second kappa shape index (κ2) is 5.71. The van der Waals surface area contributed by atoms with Crippen LogP contribution in [0.1, 0.15) is 20.8 Å². The Balaban J connectivity index is 2.48. The molecule has 0 aliphatic heterocycles. The van der Waals surface area contributed by atoms with Crippen molar-refractivity contribution in [2.24, 2.45) is 0 Å². The number of nitrogens with one attached hydrogen (secondary N) is 1. The second-order valence-corrected chi connectivity index (χ2v) is 11.8. The van der Waals surface area contributed by atoms with Gasteiger partial charge in [-0.15, -0.1) is 0 Å². The minimum Gasteiger partial charge on any atom is -0.400 e. The molecule has 0 aliphatic rings. The Labute approximate surface area is 119 Å². The Morgan fingerprint density at radius 1 is 1.29 bits per heavy atom. The zero-order valence-electron chi connectivity index (χ0n) is 11.3. The standard InChI is InChI=1S/C13H22INOSi/c1-13(2,3)17(4,5)16-10-15-12-8-6-7-11(14)9-12/h6-9,15H,10H2,1-5H3. The molecule has 1 N–H and O–H groups in total. The molecule has 0 fully saturated rings. The normalized spacial score (nSPS) is 12.6. The molecule has 0 heterocycles. The molecule has 0 saturated carbocycles. The van der Waals surface area contributed by atoms with Crippen molar-refractivity contribution in [3.8, 4) is 0 Å². The minimum absolute atomic E-state index is 0.264. The van der Waals surface area contributed by atoms with Crippen LogP contribution in [0.3, 0.4) is 0 Å². The number of halogens is 1. The van der Waals surface area contributed by atoms with Crippen LogP contribution in [0.2, 0.25) is 18.1 Å². The summed E-state index contributed by atoms with van der Waals surface area (Å²) in [5.74, 6) is 0. The quantitative estimate of drug-likeness (QED) is 0.476. The van der Waals surface area contributed by atoms with E-state index in [4.69, 9.17) is 4.43 Å². The van der Waals surface area contributed by atoms with Gasteiger partial charge in [-0.05, 0) is 58.9 Å². The SMILES string of the molecule is CC(C)(C)[Si](C)(C)OCNc1cccc(I)c1. The number of rotatable bonds is 4. The lowest BCUT2D eigenvalue weighted by Gasteiger charge is -2.36. The van der Waals surface area contributed by atoms with E-state index in [9.17, 15) is 0 Å². The zero-order valence-corrected chi connectivity index (χ0v) is 14.5. The molecule has 17 heavy (non-hydrogen) atoms. The van der Waals surface area contributed by atoms with E-state index >= 15 is 0 Å². The zero-order chi connectivity index (χ0) is 13.1. The summed E-state index contributed by atoms with van der Waals surface area (Å²) < 4.78 is 7.30. The van der Waals surface area contributed by atoms with E-state index in [2.05, 4.69) is 86.0 Å². The molecule has 0 amide bonds. The fraction of sp³-hybridized carbons (Fsp3) is 0.538. The maximum atomic E-state index is 6.06. The van der Waals surface area contributed by atoms with Crippen LogP contribution < -0.4 is 5.32 Å². The summed E-state index contributed by atoms with van der Waals surface area (Å²) in [5, 5.41) is 3.59. The van der Waals surface area contributed by atoms with E-state index in [1.165, 1.54) is 3.57 Å². The monoisotopic (exact) mass is 363 g/mol. The molecule has 0 saturated heterocycles. The third-order valence-corrected chi connectivity index (χ3v) is 8.49. The van der Waals surface area contributed by atoms with Crippen molar-refractivity contribution in [2.75, 3.05) is 12.0 Å². The van der Waals surface area contributed by atoms with Gasteiger partial charge in [0.1, 0.15) is 6.73 Å². The van der Waals surface area contributed by atoms with E-state index in [0.717, 1.165) is 5.69 Å². The third-order valence-electron chi connectivity index (χ3n) is 3.34. The highest BCUT2D eigenvalue weighted by molar-refractivity contribution is 14.1. The Morgan fingerprint density at radius 3 is 2.47 bits per heavy atom. The lowest BCUT2D eigenvalue weighted by Crippen LogP contribution is -2.42. The van der Waals surface area contributed by atoms with Crippen LogP contribution in [0, 0.1) is 3.57 Å². The second-order valence-electron chi connectivity index (χ2n) is 5.74. The molecule has 1 aromatic rings. The van der Waals surface area contributed by atoms with Gasteiger partial charge in [0.15, 0.2) is 8.32 Å². The molecule has 0 unspecified atom stereocenters. The Kier molecular flexibility index (Phi) is 5.03. The van der Waals surface area contributed by atoms with Crippen LogP contribution in [0.25, 0.3) is 0 Å². The van der Waals surface area contributed by atoms with Crippen molar-refractivity contribution in [3.05, 3.63) is 27.8 Å². The van der Waals surface area contributed by atoms with E-state index in [0.29, 0.717) is 6.73 Å². The molecule has 2 nitrogen and oxygen atoms in total. The molecule has 0 radical (unpaired) electrons. The fourth-order valence-corrected chi connectivity index (χ4v) is 2.52. The molecule has 1 aromatic carbocycles. The molecule has 0 spiro atoms. The van der Waals surface area contributed by atoms with Gasteiger partial charge in [0.05, 0.1) is 0 Å². The summed E-state index contributed by atoms with van der Waals surface area (Å²) in [6.07, 6.45) is 0. The van der Waals surface area contributed by atoms with Crippen LogP contribution in [0.15, 0.2) is 24.3 Å². The molecule has 0 atom stereocenters. The highest BCUT2D eigenvalue weighted by Crippen LogP contribution is 2.36. The smallest absolute Gasteiger partial charge is 0.194 e. The van der Waals surface area contributed by atoms with Crippen LogP contribution in [0.5, 0.6) is 0 Å². The average molecular weight is 363 g/mol. The average Bonchev–Trinajstić information content (AvgIpc) is 2.15. The van der Waals surface area contributed by atoms with Gasteiger partial charge in [-0.2, -0.15) is 0 Å². The van der Waals surface area contributed by atoms with Crippen LogP contribution >= 0.6 is 22.6 Å². The van der Waals surface area contributed by atoms with Crippen molar-refractivity contribution >= 4 is 36.6 Å². The maximum Gasteiger partial charge on any atom is 0.194 e. The van der Waals surface area contributed by atoms with Crippen molar-refractivity contribution in [1.82, 2.24) is 0 Å². The first kappa shape index (κ1) is 15.0. The summed E-state index contributed by atoms with van der Waals surface area (Å²) >= 11 is 2.31. The molecule has 4 heteroatoms. The van der Waals surface area contributed by atoms with E-state index < -0.39 is 8.32 Å². The molecule has 0 aromatic heterocycles. The number of benzene rings is 1. The van der Waals surface area contributed by atoms with Crippen LogP contribution in [-0.2, 0) is 4.43 Å². The largest absolute Gasteiger partial charge is 0.400 e. The van der Waals surface area contributed by atoms with Gasteiger partial charge in [-0.1, -0.05) is 26.8 Å². The molecular weight excluding hydrogens is 341 g/mol. The number of anilines is 1. The van der Waals surface area contributed by atoms with Crippen LogP contribution in [0.4, 0.5) is 5.69 Å². The first-order valence-corrected chi connectivity index (χ1v) is 9.84. The highest BCUT2D eigenvalue weighted by atomic mass is 127. The Hall–Kier alpha value is -0.0731. The van der Waals surface area contributed by atoms with Crippen LogP contribution in [-0.4, -0.2) is 15.0 Å². The van der Waals surface area contributed by atoms with Gasteiger partial charge < -0.3 is 9.74 Å². The predicted octanol–water partition coefficient (Wildman–Crippen LogP) is 4.68. The van der Waals surface area contributed by atoms with E-state index in [1.807, 2.05) is 0 Å². The molecule has 0 bridgehead atoms. The minimum atomic E-state index is -1.64. The topological polar surface area (TPSA) is 21.3 Å². The first-order valence-electron chi connectivity index (χ1n) is 5.86. The van der Waals surface area contributed by atoms with Gasteiger partial charge >= 0.3 is 0 Å². The van der Waals surface area contributed by atoms with Crippen molar-refractivity contribution in [2.45, 2.75) is 38.9 Å². The molecule has 96 valence electrons. The van der Waals surface area contributed by atoms with Gasteiger partial charge in [0.2, 0.25) is 0 Å². The fourth-order valence-electron chi connectivity index (χ4n) is 1.11. The summed E-state index contributed by atoms with van der Waals surface area (Å²) in [7, 11) is -1.64. The summed E-state index contributed by atoms with van der Waals surface area (Å²) in [6, 6.07) is 8.32. The van der Waals surface area contributed by atoms with E-state index in [-0.39, 0.29) is 5.04 Å². The van der Waals surface area contributed by atoms with E-state index in [1.54, 1.807) is 0 Å². The number of hydrogen-bond acceptors (Lipinski definition) is 2. The first-order chi connectivity index (χ1) is 7.72. The van der Waals surface area contributed by atoms with Crippen molar-refractivity contribution < 1.29 is 4.43 Å². The summed E-state index contributed by atoms with van der Waals surface area (Å²) in [6.45, 7) is 11.9. The van der Waals surface area contributed by atoms with Crippen molar-refractivity contribution in [3.63, 3.8) is 0 Å². The predicted molar refractivity (Wildman–Crippen MR) is 85.9 cm³/mol. The highest BCUT2D eigenvalue weighted by Gasteiger charge is 2.36. The van der Waals surface area contributed by atoms with Crippen molar-refractivity contribution in [1.29, 1.82) is 0 Å². The molecule has 0 aliphatic carbocycles. The third kappa shape index (κ3) is 4.60. The Bertz CT molecular complexity index is 374. The van der Waals surface area contributed by atoms with Gasteiger partial charge in [0, 0.05) is 9.26 Å². The van der Waals surface area contributed by atoms with Gasteiger partial charge in [-0.25, -0.2) is 0 Å². The lowest BCUT2D eigenvalue weighted by atomic mass is 10.2. The summed E-state index contributed by atoms with van der Waals surface area (Å²) in [4.78, 5) is 0. The Morgan fingerprint density at radius 2 is 1.94 bits per heavy atom. The summed E-state index contributed by atoms with van der Waals surface area (Å²) in [5.41, 5.74) is 1.12. The maximum absolute atomic E-state index is 6.06. The molecular formula is C13H22INOSi. The lowest BCUT2D eigenvalue weighted by molar-refractivity contribution is 0.314. The van der Waals surface area contributed by atoms with Gasteiger partial charge in [0.25, 0.3) is 0 Å². The van der Waals surface area contributed by atoms with Gasteiger partial charge in [-0.3, -0.25) is 0 Å². The number of hydrogen-bond donors (Lipinski definition) is 1.